The van der Waals surface area contributed by atoms with Gasteiger partial charge in [-0.3, -0.25) is 4.79 Å². The van der Waals surface area contributed by atoms with Crippen LogP contribution in [-0.4, -0.2) is 25.6 Å². The Balaban J connectivity index is 1.85. The van der Waals surface area contributed by atoms with Gasteiger partial charge in [-0.15, -0.1) is 0 Å². The molecule has 0 fully saturated rings. The molecule has 0 spiro atoms. The summed E-state index contributed by atoms with van der Waals surface area (Å²) in [7, 11) is 1.94. The lowest BCUT2D eigenvalue weighted by molar-refractivity contribution is -0.137. The highest BCUT2D eigenvalue weighted by Gasteiger charge is 2.15. The van der Waals surface area contributed by atoms with Crippen LogP contribution < -0.4 is 0 Å². The van der Waals surface area contributed by atoms with E-state index in [2.05, 4.69) is 9.97 Å². The first kappa shape index (κ1) is 18.5. The first-order valence-electron chi connectivity index (χ1n) is 8.07. The van der Waals surface area contributed by atoms with Crippen LogP contribution in [0.3, 0.4) is 0 Å². The number of carboxylic acid groups (broad SMARTS) is 1. The molecule has 0 saturated carbocycles. The summed E-state index contributed by atoms with van der Waals surface area (Å²) >= 11 is 7.42. The number of pyridine rings is 1. The van der Waals surface area contributed by atoms with Gasteiger partial charge in [-0.1, -0.05) is 42.8 Å². The third kappa shape index (κ3) is 4.26. The van der Waals surface area contributed by atoms with Crippen molar-refractivity contribution in [1.29, 1.82) is 0 Å². The second kappa shape index (κ2) is 7.93. The average molecular weight is 388 g/mol. The molecular weight excluding hydrogens is 370 g/mol. The van der Waals surface area contributed by atoms with Gasteiger partial charge in [-0.2, -0.15) is 0 Å². The molecule has 1 atom stereocenters. The van der Waals surface area contributed by atoms with Crippen LogP contribution in [0.1, 0.15) is 24.8 Å². The number of carbonyl (C=O) groups is 1. The zero-order valence-electron chi connectivity index (χ0n) is 14.4. The second-order valence-electron chi connectivity index (χ2n) is 6.05. The number of halogens is 1. The fraction of sp³-hybridized carbons (Fsp3) is 0.211. The Labute approximate surface area is 161 Å². The van der Waals surface area contributed by atoms with E-state index in [0.717, 1.165) is 26.9 Å². The van der Waals surface area contributed by atoms with Crippen molar-refractivity contribution in [3.63, 3.8) is 0 Å². The van der Waals surface area contributed by atoms with Gasteiger partial charge in [-0.25, -0.2) is 9.97 Å². The zero-order valence-corrected chi connectivity index (χ0v) is 16.0. The Morgan fingerprint density at radius 1 is 1.23 bits per heavy atom. The first-order valence-corrected chi connectivity index (χ1v) is 9.26. The largest absolute Gasteiger partial charge is 0.481 e. The van der Waals surface area contributed by atoms with Crippen molar-refractivity contribution in [3.8, 4) is 11.3 Å². The molecule has 3 aromatic rings. The lowest BCUT2D eigenvalue weighted by Gasteiger charge is -2.10. The predicted molar refractivity (Wildman–Crippen MR) is 103 cm³/mol. The molecule has 0 aliphatic heterocycles. The van der Waals surface area contributed by atoms with E-state index in [1.807, 2.05) is 54.9 Å². The Kier molecular flexibility index (Phi) is 5.64. The molecule has 1 aromatic carbocycles. The molecule has 0 aliphatic rings. The predicted octanol–water partition coefficient (Wildman–Crippen LogP) is 4.86. The van der Waals surface area contributed by atoms with E-state index >= 15 is 0 Å². The summed E-state index contributed by atoms with van der Waals surface area (Å²) in [5.41, 5.74) is 2.85. The van der Waals surface area contributed by atoms with Crippen LogP contribution in [-0.2, 0) is 11.8 Å². The molecule has 0 aliphatic carbocycles. The van der Waals surface area contributed by atoms with Crippen molar-refractivity contribution in [1.82, 2.24) is 14.5 Å². The lowest BCUT2D eigenvalue weighted by atomic mass is 9.96. The highest BCUT2D eigenvalue weighted by Crippen LogP contribution is 2.35. The van der Waals surface area contributed by atoms with Gasteiger partial charge < -0.3 is 9.67 Å². The van der Waals surface area contributed by atoms with E-state index in [1.165, 1.54) is 11.8 Å². The van der Waals surface area contributed by atoms with E-state index in [4.69, 9.17) is 16.7 Å². The summed E-state index contributed by atoms with van der Waals surface area (Å²) in [6.07, 6.45) is 3.51. The molecule has 2 heterocycles. The highest BCUT2D eigenvalue weighted by molar-refractivity contribution is 7.99. The molecule has 0 amide bonds. The fourth-order valence-electron chi connectivity index (χ4n) is 2.61. The SMILES string of the molecule is C[C@H](CC(=O)O)c1ccc(-c2ncn(C)c2Sc2ccc(Cl)cn2)cc1. The van der Waals surface area contributed by atoms with E-state index in [9.17, 15) is 4.79 Å². The summed E-state index contributed by atoms with van der Waals surface area (Å²) < 4.78 is 1.96. The third-order valence-electron chi connectivity index (χ3n) is 4.02. The number of rotatable bonds is 6. The number of benzene rings is 1. The minimum absolute atomic E-state index is 0.0302. The molecule has 0 radical (unpaired) electrons. The summed E-state index contributed by atoms with van der Waals surface area (Å²) in [5.74, 6) is -0.821. The maximum atomic E-state index is 10.9. The van der Waals surface area contributed by atoms with Crippen LogP contribution in [0.25, 0.3) is 11.3 Å². The Morgan fingerprint density at radius 3 is 2.58 bits per heavy atom. The van der Waals surface area contributed by atoms with Crippen molar-refractivity contribution in [3.05, 3.63) is 59.5 Å². The van der Waals surface area contributed by atoms with Crippen molar-refractivity contribution < 1.29 is 9.90 Å². The summed E-state index contributed by atoms with van der Waals surface area (Å²) in [6, 6.07) is 11.6. The number of aryl methyl sites for hydroxylation is 1. The van der Waals surface area contributed by atoms with Gasteiger partial charge in [-0.05, 0) is 35.4 Å². The lowest BCUT2D eigenvalue weighted by Crippen LogP contribution is -2.02. The average Bonchev–Trinajstić information content (AvgIpc) is 2.97. The van der Waals surface area contributed by atoms with Crippen molar-refractivity contribution in [2.24, 2.45) is 7.05 Å². The van der Waals surface area contributed by atoms with Crippen LogP contribution in [0.2, 0.25) is 5.02 Å². The van der Waals surface area contributed by atoms with Gasteiger partial charge >= 0.3 is 5.97 Å². The van der Waals surface area contributed by atoms with Crippen LogP contribution in [0.4, 0.5) is 0 Å². The van der Waals surface area contributed by atoms with Crippen LogP contribution in [0.15, 0.2) is 59.0 Å². The van der Waals surface area contributed by atoms with Crippen LogP contribution >= 0.6 is 23.4 Å². The van der Waals surface area contributed by atoms with Gasteiger partial charge in [0.25, 0.3) is 0 Å². The molecule has 134 valence electrons. The third-order valence-corrected chi connectivity index (χ3v) is 5.37. The molecule has 3 rings (SSSR count). The quantitative estimate of drug-likeness (QED) is 0.653. The van der Waals surface area contributed by atoms with E-state index in [0.29, 0.717) is 5.02 Å². The molecular formula is C19H18ClN3O2S. The van der Waals surface area contributed by atoms with E-state index in [-0.39, 0.29) is 12.3 Å². The van der Waals surface area contributed by atoms with E-state index in [1.54, 1.807) is 12.5 Å². The number of hydrogen-bond acceptors (Lipinski definition) is 4. The Bertz CT molecular complexity index is 908. The maximum absolute atomic E-state index is 10.9. The summed E-state index contributed by atoms with van der Waals surface area (Å²) in [6.45, 7) is 1.91. The number of imidazole rings is 1. The molecule has 7 heteroatoms. The molecule has 5 nitrogen and oxygen atoms in total. The topological polar surface area (TPSA) is 68.0 Å². The molecule has 2 aromatic heterocycles. The number of hydrogen-bond donors (Lipinski definition) is 1. The molecule has 1 N–H and O–H groups in total. The van der Waals surface area contributed by atoms with E-state index < -0.39 is 5.97 Å². The highest BCUT2D eigenvalue weighted by atomic mass is 35.5. The van der Waals surface area contributed by atoms with Gasteiger partial charge in [0, 0.05) is 18.8 Å². The van der Waals surface area contributed by atoms with Gasteiger partial charge in [0.2, 0.25) is 0 Å². The number of aliphatic carboxylic acids is 1. The number of aromatic nitrogens is 3. The van der Waals surface area contributed by atoms with Gasteiger partial charge in [0.1, 0.15) is 15.7 Å². The Morgan fingerprint density at radius 2 is 1.96 bits per heavy atom. The molecule has 26 heavy (non-hydrogen) atoms. The minimum Gasteiger partial charge on any atom is -0.481 e. The standard InChI is InChI=1S/C19H18ClN3O2S/c1-12(9-17(24)25)13-3-5-14(6-4-13)18-19(23(2)11-22-18)26-16-8-7-15(20)10-21-16/h3-8,10-12H,9H2,1-2H3,(H,24,25)/t12-/m1/s1. The zero-order chi connectivity index (χ0) is 18.7. The van der Waals surface area contributed by atoms with Crippen LogP contribution in [0.5, 0.6) is 0 Å². The molecule has 0 saturated heterocycles. The van der Waals surface area contributed by atoms with Crippen molar-refractivity contribution in [2.75, 3.05) is 0 Å². The Hall–Kier alpha value is -2.31. The maximum Gasteiger partial charge on any atom is 0.303 e. The fourth-order valence-corrected chi connectivity index (χ4v) is 3.62. The minimum atomic E-state index is -0.791. The molecule has 0 bridgehead atoms. The van der Waals surface area contributed by atoms with Crippen molar-refractivity contribution >= 4 is 29.3 Å². The van der Waals surface area contributed by atoms with Crippen molar-refractivity contribution in [2.45, 2.75) is 29.3 Å². The van der Waals surface area contributed by atoms with Crippen LogP contribution in [0, 0.1) is 0 Å². The smallest absolute Gasteiger partial charge is 0.303 e. The van der Waals surface area contributed by atoms with Gasteiger partial charge in [0.05, 0.1) is 17.8 Å². The monoisotopic (exact) mass is 387 g/mol. The summed E-state index contributed by atoms with van der Waals surface area (Å²) in [5, 5.41) is 11.4. The summed E-state index contributed by atoms with van der Waals surface area (Å²) in [4.78, 5) is 19.7. The normalized spacial score (nSPS) is 12.1. The number of nitrogens with zero attached hydrogens (tertiary/aromatic N) is 3. The first-order chi connectivity index (χ1) is 12.4. The molecule has 0 unspecified atom stereocenters. The second-order valence-corrected chi connectivity index (χ2v) is 7.49. The number of carboxylic acids is 1. The van der Waals surface area contributed by atoms with Gasteiger partial charge in [0.15, 0.2) is 0 Å².